The Balaban J connectivity index is 1.77. The maximum atomic E-state index is 14.5. The van der Waals surface area contributed by atoms with Crippen molar-refractivity contribution in [3.63, 3.8) is 0 Å². The molecule has 1 atom stereocenters. The Bertz CT molecular complexity index is 1610. The molecule has 0 saturated carbocycles. The SMILES string of the molecule is CCCCCc1ccc(-c2cc3ccc(OCCC(F)(F)C(F)(F)C(F)C(F)(F)CC[Si](C)(OC)OC)cc3oc2=O)c(OC(F)(F)F)c1. The van der Waals surface area contributed by atoms with E-state index < -0.39 is 75.7 Å². The maximum absolute atomic E-state index is 14.5. The van der Waals surface area contributed by atoms with Gasteiger partial charge in [-0.05, 0) is 55.3 Å². The molecule has 1 unspecified atom stereocenters. The first-order valence-electron chi connectivity index (χ1n) is 15.2. The monoisotopic (exact) mass is 734 g/mol. The molecule has 0 aliphatic carbocycles. The molecular formula is C32H36F10O6Si. The van der Waals surface area contributed by atoms with Gasteiger partial charge < -0.3 is 22.7 Å². The van der Waals surface area contributed by atoms with Crippen LogP contribution in [0.1, 0.15) is 44.6 Å². The molecule has 0 spiro atoms. The van der Waals surface area contributed by atoms with E-state index in [2.05, 4.69) is 4.74 Å². The van der Waals surface area contributed by atoms with Gasteiger partial charge in [0.2, 0.25) is 6.17 Å². The van der Waals surface area contributed by atoms with Gasteiger partial charge in [-0.3, -0.25) is 0 Å². The van der Waals surface area contributed by atoms with Crippen molar-refractivity contribution in [3.8, 4) is 22.6 Å². The molecule has 0 fully saturated rings. The molecule has 3 rings (SSSR count). The molecular weight excluding hydrogens is 698 g/mol. The van der Waals surface area contributed by atoms with Crippen LogP contribution in [0.2, 0.25) is 12.6 Å². The van der Waals surface area contributed by atoms with E-state index in [9.17, 15) is 48.7 Å². The van der Waals surface area contributed by atoms with Crippen LogP contribution in [0.4, 0.5) is 43.9 Å². The van der Waals surface area contributed by atoms with Crippen molar-refractivity contribution < 1.29 is 66.6 Å². The van der Waals surface area contributed by atoms with Gasteiger partial charge in [0.15, 0.2) is 0 Å². The number of benzene rings is 2. The fourth-order valence-electron chi connectivity index (χ4n) is 4.82. The lowest BCUT2D eigenvalue weighted by atomic mass is 9.98. The average Bonchev–Trinajstić information content (AvgIpc) is 3.02. The lowest BCUT2D eigenvalue weighted by Gasteiger charge is -2.34. The van der Waals surface area contributed by atoms with Gasteiger partial charge >= 0.3 is 32.4 Å². The van der Waals surface area contributed by atoms with Crippen molar-refractivity contribution in [1.82, 2.24) is 0 Å². The number of hydrogen-bond donors (Lipinski definition) is 0. The standard InChI is InChI=1S/C32H36F10O6Si/c1-5-6-7-8-20-9-12-23(26(17-20)48-32(40,41)42)24-18-21-10-11-22(19-25(21)47-27(24)43)46-15-13-30(36,37)31(38,39)28(33)29(34,35)14-16-49(4,44-2)45-3/h9-12,17-19,28H,5-8,13-16H2,1-4H3. The minimum atomic E-state index is -5.78. The average molecular weight is 735 g/mol. The van der Waals surface area contributed by atoms with E-state index in [1.165, 1.54) is 30.8 Å². The Hall–Kier alpha value is -3.31. The predicted octanol–water partition coefficient (Wildman–Crippen LogP) is 9.86. The molecule has 1 heterocycles. The molecule has 0 aliphatic rings. The first-order chi connectivity index (χ1) is 22.7. The molecule has 0 amide bonds. The second kappa shape index (κ2) is 15.7. The summed E-state index contributed by atoms with van der Waals surface area (Å²) in [4.78, 5) is 12.9. The highest BCUT2D eigenvalue weighted by atomic mass is 28.4. The summed E-state index contributed by atoms with van der Waals surface area (Å²) >= 11 is 0. The summed E-state index contributed by atoms with van der Waals surface area (Å²) in [6, 6.07) is 8.04. The lowest BCUT2D eigenvalue weighted by Crippen LogP contribution is -2.55. The minimum Gasteiger partial charge on any atom is -0.493 e. The van der Waals surface area contributed by atoms with E-state index in [4.69, 9.17) is 18.0 Å². The van der Waals surface area contributed by atoms with Crippen molar-refractivity contribution in [2.24, 2.45) is 0 Å². The third-order valence-corrected chi connectivity index (χ3v) is 10.9. The third kappa shape index (κ3) is 10.1. The minimum absolute atomic E-state index is 0.160. The van der Waals surface area contributed by atoms with E-state index in [0.717, 1.165) is 45.6 Å². The molecule has 6 nitrogen and oxygen atoms in total. The summed E-state index contributed by atoms with van der Waals surface area (Å²) in [7, 11) is -0.991. The molecule has 1 aromatic heterocycles. The highest BCUT2D eigenvalue weighted by Crippen LogP contribution is 2.47. The topological polar surface area (TPSA) is 67.1 Å². The first-order valence-corrected chi connectivity index (χ1v) is 17.7. The van der Waals surface area contributed by atoms with Gasteiger partial charge in [0.1, 0.15) is 17.1 Å². The molecule has 0 saturated heterocycles. The summed E-state index contributed by atoms with van der Waals surface area (Å²) in [5, 5.41) is 0.160. The molecule has 0 bridgehead atoms. The Morgan fingerprint density at radius 3 is 2.14 bits per heavy atom. The van der Waals surface area contributed by atoms with Gasteiger partial charge in [-0.25, -0.2) is 18.0 Å². The fraction of sp³-hybridized carbons (Fsp3) is 0.531. The summed E-state index contributed by atoms with van der Waals surface area (Å²) in [6.07, 6.45) is -10.0. The van der Waals surface area contributed by atoms with Gasteiger partial charge in [-0.2, -0.15) is 17.6 Å². The second-order valence-corrected chi connectivity index (χ2v) is 15.2. The number of alkyl halides is 10. The number of rotatable bonds is 18. The normalized spacial score (nSPS) is 13.9. The van der Waals surface area contributed by atoms with E-state index in [0.29, 0.717) is 12.0 Å². The van der Waals surface area contributed by atoms with Crippen molar-refractivity contribution in [2.75, 3.05) is 20.8 Å². The van der Waals surface area contributed by atoms with Gasteiger partial charge in [0, 0.05) is 37.7 Å². The quantitative estimate of drug-likeness (QED) is 0.0561. The highest BCUT2D eigenvalue weighted by molar-refractivity contribution is 6.65. The molecule has 49 heavy (non-hydrogen) atoms. The second-order valence-electron chi connectivity index (χ2n) is 11.6. The van der Waals surface area contributed by atoms with Gasteiger partial charge in [-0.15, -0.1) is 13.2 Å². The molecule has 0 radical (unpaired) electrons. The van der Waals surface area contributed by atoms with Crippen LogP contribution >= 0.6 is 0 Å². The van der Waals surface area contributed by atoms with E-state index in [1.54, 1.807) is 6.07 Å². The molecule has 3 aromatic rings. The van der Waals surface area contributed by atoms with Crippen molar-refractivity contribution in [3.05, 3.63) is 58.4 Å². The molecule has 2 aromatic carbocycles. The van der Waals surface area contributed by atoms with Crippen LogP contribution in [0.25, 0.3) is 22.1 Å². The van der Waals surface area contributed by atoms with Crippen LogP contribution in [0, 0.1) is 0 Å². The largest absolute Gasteiger partial charge is 0.573 e. The van der Waals surface area contributed by atoms with E-state index in [-0.39, 0.29) is 27.8 Å². The Kier molecular flexibility index (Phi) is 12.9. The van der Waals surface area contributed by atoms with E-state index in [1.807, 2.05) is 6.92 Å². The summed E-state index contributed by atoms with van der Waals surface area (Å²) in [5.74, 6) is -16.8. The molecule has 274 valence electrons. The maximum Gasteiger partial charge on any atom is 0.573 e. The van der Waals surface area contributed by atoms with Crippen LogP contribution < -0.4 is 15.1 Å². The Labute approximate surface area is 276 Å². The lowest BCUT2D eigenvalue weighted by molar-refractivity contribution is -0.280. The summed E-state index contributed by atoms with van der Waals surface area (Å²) in [6.45, 7) is 2.10. The fourth-order valence-corrected chi connectivity index (χ4v) is 6.19. The Morgan fingerprint density at radius 1 is 0.857 bits per heavy atom. The number of unbranched alkanes of at least 4 members (excludes halogenated alkanes) is 2. The first kappa shape index (κ1) is 40.1. The van der Waals surface area contributed by atoms with E-state index >= 15 is 0 Å². The highest BCUT2D eigenvalue weighted by Gasteiger charge is 2.68. The third-order valence-electron chi connectivity index (χ3n) is 7.98. The van der Waals surface area contributed by atoms with Crippen LogP contribution in [-0.2, 0) is 15.3 Å². The van der Waals surface area contributed by atoms with Gasteiger partial charge in [0.05, 0.1) is 18.6 Å². The number of halogens is 10. The zero-order valence-electron chi connectivity index (χ0n) is 27.0. The number of hydrogen-bond acceptors (Lipinski definition) is 6. The van der Waals surface area contributed by atoms with Gasteiger partial charge in [-0.1, -0.05) is 31.9 Å². The predicted molar refractivity (Wildman–Crippen MR) is 163 cm³/mol. The molecule has 0 aliphatic heterocycles. The zero-order chi connectivity index (χ0) is 36.8. The smallest absolute Gasteiger partial charge is 0.493 e. The number of aryl methyl sites for hydroxylation is 1. The zero-order valence-corrected chi connectivity index (χ0v) is 28.0. The number of fused-ring (bicyclic) bond motifs is 1. The Morgan fingerprint density at radius 2 is 1.53 bits per heavy atom. The van der Waals surface area contributed by atoms with Crippen LogP contribution in [0.3, 0.4) is 0 Å². The summed E-state index contributed by atoms with van der Waals surface area (Å²) in [5.41, 5.74) is -1.22. The van der Waals surface area contributed by atoms with Crippen molar-refractivity contribution in [2.45, 2.75) is 88.3 Å². The van der Waals surface area contributed by atoms with Crippen molar-refractivity contribution >= 4 is 19.5 Å². The van der Waals surface area contributed by atoms with Crippen LogP contribution in [-0.4, -0.2) is 59.7 Å². The van der Waals surface area contributed by atoms with Gasteiger partial charge in [0.25, 0.3) is 5.92 Å². The molecule has 17 heteroatoms. The summed E-state index contributed by atoms with van der Waals surface area (Å²) < 4.78 is 165. The number of ether oxygens (including phenoxy) is 2. The van der Waals surface area contributed by atoms with Crippen molar-refractivity contribution in [1.29, 1.82) is 0 Å². The van der Waals surface area contributed by atoms with Crippen LogP contribution in [0.15, 0.2) is 51.7 Å². The molecule has 0 N–H and O–H groups in total. The van der Waals surface area contributed by atoms with Crippen LogP contribution in [0.5, 0.6) is 11.5 Å².